The minimum Gasteiger partial charge on any atom is -0.496 e. The van der Waals surface area contributed by atoms with E-state index >= 15 is 0 Å². The summed E-state index contributed by atoms with van der Waals surface area (Å²) in [6.07, 6.45) is 2.14. The first-order valence-electron chi connectivity index (χ1n) is 10.4. The molecule has 1 aliphatic rings. The SMILES string of the molecule is COc1ccc(NC(C)=O)cc1[C@H]1CN(c2nc(-c3ccncc3F)cc(=O)n2C)CCO1. The maximum absolute atomic E-state index is 14.3. The normalized spacial score (nSPS) is 15.9. The standard InChI is InChI=1S/C23H24FN5O4/c1-14(30)26-15-4-5-20(32-3)17(10-15)21-13-29(8-9-33-21)23-27-19(11-22(31)28(23)2)16-6-7-25-12-18(16)24/h4-7,10-12,21H,8-9,13H2,1-3H3,(H,26,30)/t21-/m1/s1. The third kappa shape index (κ3) is 4.70. The van der Waals surface area contributed by atoms with Crippen LogP contribution in [-0.2, 0) is 16.6 Å². The van der Waals surface area contributed by atoms with Gasteiger partial charge in [-0.2, -0.15) is 0 Å². The summed E-state index contributed by atoms with van der Waals surface area (Å²) >= 11 is 0. The number of hydrogen-bond acceptors (Lipinski definition) is 7. The molecule has 0 bridgehead atoms. The van der Waals surface area contributed by atoms with Gasteiger partial charge in [-0.3, -0.25) is 19.1 Å². The molecule has 1 fully saturated rings. The van der Waals surface area contributed by atoms with E-state index in [0.717, 1.165) is 11.8 Å². The van der Waals surface area contributed by atoms with Gasteiger partial charge in [-0.1, -0.05) is 0 Å². The summed E-state index contributed by atoms with van der Waals surface area (Å²) in [6, 6.07) is 8.12. The van der Waals surface area contributed by atoms with Crippen LogP contribution in [0.5, 0.6) is 5.75 Å². The van der Waals surface area contributed by atoms with Crippen LogP contribution in [0.25, 0.3) is 11.3 Å². The largest absolute Gasteiger partial charge is 0.496 e. The second kappa shape index (κ2) is 9.37. The summed E-state index contributed by atoms with van der Waals surface area (Å²) in [5.41, 5.74) is 1.52. The van der Waals surface area contributed by atoms with E-state index < -0.39 is 11.9 Å². The lowest BCUT2D eigenvalue weighted by atomic mass is 10.1. The van der Waals surface area contributed by atoms with E-state index in [9.17, 15) is 14.0 Å². The fourth-order valence-corrected chi connectivity index (χ4v) is 3.82. The molecule has 1 saturated heterocycles. The predicted molar refractivity (Wildman–Crippen MR) is 121 cm³/mol. The molecule has 2 aromatic heterocycles. The fraction of sp³-hybridized carbons (Fsp3) is 0.304. The number of morpholine rings is 1. The van der Waals surface area contributed by atoms with Gasteiger partial charge in [-0.25, -0.2) is 9.37 Å². The number of carbonyl (C=O) groups is 1. The number of halogens is 1. The fourth-order valence-electron chi connectivity index (χ4n) is 3.82. The van der Waals surface area contributed by atoms with Gasteiger partial charge in [0.05, 0.1) is 32.2 Å². The zero-order chi connectivity index (χ0) is 23.5. The predicted octanol–water partition coefficient (Wildman–Crippen LogP) is 2.53. The lowest BCUT2D eigenvalue weighted by Crippen LogP contribution is -2.41. The Morgan fingerprint density at radius 1 is 1.30 bits per heavy atom. The van der Waals surface area contributed by atoms with Gasteiger partial charge in [0.25, 0.3) is 5.56 Å². The summed E-state index contributed by atoms with van der Waals surface area (Å²) in [5.74, 6) is 0.282. The molecule has 172 valence electrons. The maximum atomic E-state index is 14.3. The maximum Gasteiger partial charge on any atom is 0.255 e. The Labute approximate surface area is 189 Å². The van der Waals surface area contributed by atoms with Crippen molar-refractivity contribution < 1.29 is 18.7 Å². The number of aromatic nitrogens is 3. The Balaban J connectivity index is 1.69. The van der Waals surface area contributed by atoms with Gasteiger partial charge in [0.1, 0.15) is 11.9 Å². The van der Waals surface area contributed by atoms with Crippen LogP contribution in [0.4, 0.5) is 16.0 Å². The van der Waals surface area contributed by atoms with Gasteiger partial charge < -0.3 is 19.7 Å². The highest BCUT2D eigenvalue weighted by Crippen LogP contribution is 2.34. The van der Waals surface area contributed by atoms with E-state index in [1.807, 2.05) is 11.0 Å². The van der Waals surface area contributed by atoms with Gasteiger partial charge in [0, 0.05) is 49.6 Å². The highest BCUT2D eigenvalue weighted by molar-refractivity contribution is 5.88. The van der Waals surface area contributed by atoms with Crippen molar-refractivity contribution in [3.05, 3.63) is 64.5 Å². The summed E-state index contributed by atoms with van der Waals surface area (Å²) < 4.78 is 27.2. The Morgan fingerprint density at radius 3 is 2.85 bits per heavy atom. The lowest BCUT2D eigenvalue weighted by molar-refractivity contribution is -0.114. The van der Waals surface area contributed by atoms with Gasteiger partial charge in [0.2, 0.25) is 11.9 Å². The van der Waals surface area contributed by atoms with Gasteiger partial charge >= 0.3 is 0 Å². The first-order valence-corrected chi connectivity index (χ1v) is 10.4. The number of amides is 1. The molecule has 1 aliphatic heterocycles. The van der Waals surface area contributed by atoms with E-state index in [0.29, 0.717) is 37.1 Å². The lowest BCUT2D eigenvalue weighted by Gasteiger charge is -2.35. The number of nitrogens with zero attached hydrogens (tertiary/aromatic N) is 4. The molecule has 1 amide bonds. The number of ether oxygens (including phenoxy) is 2. The number of benzene rings is 1. The van der Waals surface area contributed by atoms with Gasteiger partial charge in [-0.15, -0.1) is 0 Å². The van der Waals surface area contributed by atoms with E-state index in [1.165, 1.54) is 29.8 Å². The van der Waals surface area contributed by atoms with Crippen molar-refractivity contribution in [1.82, 2.24) is 14.5 Å². The second-order valence-electron chi connectivity index (χ2n) is 7.64. The first kappa shape index (κ1) is 22.4. The number of carbonyl (C=O) groups excluding carboxylic acids is 1. The summed E-state index contributed by atoms with van der Waals surface area (Å²) in [6.45, 7) is 2.69. The molecule has 3 aromatic rings. The molecule has 0 radical (unpaired) electrons. The molecule has 1 N–H and O–H groups in total. The smallest absolute Gasteiger partial charge is 0.255 e. The summed E-state index contributed by atoms with van der Waals surface area (Å²) in [5, 5.41) is 2.76. The highest BCUT2D eigenvalue weighted by atomic mass is 19.1. The minimum absolute atomic E-state index is 0.184. The van der Waals surface area contributed by atoms with Crippen LogP contribution >= 0.6 is 0 Å². The number of rotatable bonds is 5. The summed E-state index contributed by atoms with van der Waals surface area (Å²) in [4.78, 5) is 34.4. The topological polar surface area (TPSA) is 98.6 Å². The molecule has 0 unspecified atom stereocenters. The van der Waals surface area contributed by atoms with E-state index in [2.05, 4.69) is 15.3 Å². The monoisotopic (exact) mass is 453 g/mol. The van der Waals surface area contributed by atoms with E-state index in [4.69, 9.17) is 9.47 Å². The molecule has 1 aromatic carbocycles. The van der Waals surface area contributed by atoms with Gasteiger partial charge in [0.15, 0.2) is 5.82 Å². The molecule has 4 rings (SSSR count). The van der Waals surface area contributed by atoms with Crippen molar-refractivity contribution >= 4 is 17.5 Å². The Kier molecular flexibility index (Phi) is 6.36. The van der Waals surface area contributed by atoms with Crippen LogP contribution in [0.2, 0.25) is 0 Å². The van der Waals surface area contributed by atoms with Crippen LogP contribution in [0.15, 0.2) is 47.5 Å². The third-order valence-corrected chi connectivity index (χ3v) is 5.41. The van der Waals surface area contributed by atoms with Gasteiger partial charge in [-0.05, 0) is 24.3 Å². The van der Waals surface area contributed by atoms with Crippen LogP contribution in [-0.4, -0.2) is 47.2 Å². The molecular weight excluding hydrogens is 429 g/mol. The zero-order valence-corrected chi connectivity index (χ0v) is 18.5. The van der Waals surface area contributed by atoms with Crippen molar-refractivity contribution in [3.63, 3.8) is 0 Å². The molecule has 9 nitrogen and oxygen atoms in total. The van der Waals surface area contributed by atoms with E-state index in [1.54, 1.807) is 26.3 Å². The van der Waals surface area contributed by atoms with Crippen LogP contribution in [0.1, 0.15) is 18.6 Å². The second-order valence-corrected chi connectivity index (χ2v) is 7.64. The minimum atomic E-state index is -0.552. The molecular formula is C23H24FN5O4. The molecule has 0 spiro atoms. The number of anilines is 2. The average Bonchev–Trinajstić information content (AvgIpc) is 2.81. The van der Waals surface area contributed by atoms with Crippen molar-refractivity contribution in [2.75, 3.05) is 37.0 Å². The number of nitrogens with one attached hydrogen (secondary N) is 1. The highest BCUT2D eigenvalue weighted by Gasteiger charge is 2.28. The Bertz CT molecular complexity index is 1250. The molecule has 0 saturated carbocycles. The Hall–Kier alpha value is -3.79. The van der Waals surface area contributed by atoms with E-state index in [-0.39, 0.29) is 22.7 Å². The van der Waals surface area contributed by atoms with Crippen molar-refractivity contribution in [1.29, 1.82) is 0 Å². The first-order chi connectivity index (χ1) is 15.9. The molecule has 3 heterocycles. The third-order valence-electron chi connectivity index (χ3n) is 5.41. The van der Waals surface area contributed by atoms with Crippen LogP contribution < -0.4 is 20.5 Å². The number of hydrogen-bond donors (Lipinski definition) is 1. The molecule has 10 heteroatoms. The van der Waals surface area contributed by atoms with Crippen molar-refractivity contribution in [3.8, 4) is 17.0 Å². The zero-order valence-electron chi connectivity index (χ0n) is 18.5. The Morgan fingerprint density at radius 2 is 2.12 bits per heavy atom. The van der Waals surface area contributed by atoms with Crippen molar-refractivity contribution in [2.24, 2.45) is 7.05 Å². The number of methoxy groups -OCH3 is 1. The van der Waals surface area contributed by atoms with Crippen LogP contribution in [0.3, 0.4) is 0 Å². The molecule has 33 heavy (non-hydrogen) atoms. The average molecular weight is 453 g/mol. The molecule has 1 atom stereocenters. The quantitative estimate of drug-likeness (QED) is 0.634. The number of pyridine rings is 1. The van der Waals surface area contributed by atoms with Crippen molar-refractivity contribution in [2.45, 2.75) is 13.0 Å². The van der Waals surface area contributed by atoms with Crippen LogP contribution in [0, 0.1) is 5.82 Å². The molecule has 0 aliphatic carbocycles. The summed E-state index contributed by atoms with van der Waals surface area (Å²) in [7, 11) is 3.19.